The van der Waals surface area contributed by atoms with Gasteiger partial charge in [-0.2, -0.15) is 0 Å². The fraction of sp³-hybridized carbons (Fsp3) is 0.292. The maximum Gasteiger partial charge on any atom is 0.338 e. The number of hydrogen-bond donors (Lipinski definition) is 0. The third-order valence-electron chi connectivity index (χ3n) is 5.37. The molecule has 2 aromatic heterocycles. The topological polar surface area (TPSA) is 73.8 Å². The predicted octanol–water partition coefficient (Wildman–Crippen LogP) is 5.04. The van der Waals surface area contributed by atoms with Gasteiger partial charge < -0.3 is 9.15 Å². The highest BCUT2D eigenvalue weighted by molar-refractivity contribution is 9.13. The highest BCUT2D eigenvalue weighted by atomic mass is 79.9. The van der Waals surface area contributed by atoms with Crippen molar-refractivity contribution in [3.05, 3.63) is 87.3 Å². The summed E-state index contributed by atoms with van der Waals surface area (Å²) in [6, 6.07) is 9.15. The van der Waals surface area contributed by atoms with Crippen LogP contribution in [0.3, 0.4) is 0 Å². The van der Waals surface area contributed by atoms with Crippen LogP contribution in [0.2, 0.25) is 0 Å². The van der Waals surface area contributed by atoms with Gasteiger partial charge in [-0.05, 0) is 68.8 Å². The molecular weight excluding hydrogens is 572 g/mol. The van der Waals surface area contributed by atoms with Crippen molar-refractivity contribution in [1.29, 1.82) is 0 Å². The zero-order chi connectivity index (χ0) is 23.9. The number of fused-ring (bicyclic) bond motifs is 1. The quantitative estimate of drug-likeness (QED) is 0.389. The van der Waals surface area contributed by atoms with Gasteiger partial charge in [0.2, 0.25) is 0 Å². The van der Waals surface area contributed by atoms with E-state index < -0.39 is 12.0 Å². The van der Waals surface area contributed by atoms with Gasteiger partial charge in [0.25, 0.3) is 5.56 Å². The number of carbonyl (C=O) groups excluding carboxylic acids is 1. The van der Waals surface area contributed by atoms with E-state index in [1.54, 1.807) is 30.6 Å². The molecule has 4 rings (SSSR count). The van der Waals surface area contributed by atoms with Crippen molar-refractivity contribution in [3.8, 4) is 0 Å². The van der Waals surface area contributed by atoms with E-state index in [0.717, 1.165) is 10.0 Å². The number of hydrogen-bond acceptors (Lipinski definition) is 6. The summed E-state index contributed by atoms with van der Waals surface area (Å²) in [5, 5.41) is 0. The number of benzene rings is 1. The number of allylic oxidation sites excluding steroid dienone is 1. The molecule has 0 N–H and O–H groups in total. The van der Waals surface area contributed by atoms with E-state index in [-0.39, 0.29) is 12.2 Å². The molecule has 0 saturated carbocycles. The molecule has 9 heteroatoms. The summed E-state index contributed by atoms with van der Waals surface area (Å²) < 4.78 is 14.3. The third kappa shape index (κ3) is 4.58. The van der Waals surface area contributed by atoms with E-state index >= 15 is 0 Å². The van der Waals surface area contributed by atoms with Crippen LogP contribution in [0.4, 0.5) is 0 Å². The number of ether oxygens (including phenoxy) is 1. The van der Waals surface area contributed by atoms with Gasteiger partial charge in [0.1, 0.15) is 5.76 Å². The number of rotatable bonds is 5. The summed E-state index contributed by atoms with van der Waals surface area (Å²) in [5.74, 6) is 0.429. The molecule has 0 unspecified atom stereocenters. The lowest BCUT2D eigenvalue weighted by Gasteiger charge is -2.25. The van der Waals surface area contributed by atoms with Crippen LogP contribution in [-0.4, -0.2) is 17.1 Å². The minimum atomic E-state index is -0.626. The van der Waals surface area contributed by atoms with E-state index in [4.69, 9.17) is 9.15 Å². The molecule has 0 aliphatic carbocycles. The van der Waals surface area contributed by atoms with E-state index in [2.05, 4.69) is 50.7 Å². The van der Waals surface area contributed by atoms with Crippen molar-refractivity contribution < 1.29 is 13.9 Å². The highest BCUT2D eigenvalue weighted by Crippen LogP contribution is 2.32. The molecule has 1 aliphatic heterocycles. The van der Waals surface area contributed by atoms with Crippen LogP contribution < -0.4 is 14.9 Å². The SMILES string of the molecule is CCOC(=O)C1=C(C)N=c2s/c(=C\c3cc(Br)c(Br)o3)c(=O)n2[C@H]1c1ccc(C(C)C)cc1. The third-order valence-corrected chi connectivity index (χ3v) is 8.07. The number of esters is 1. The molecule has 1 aromatic carbocycles. The molecule has 0 bridgehead atoms. The Bertz CT molecular complexity index is 1410. The number of halogens is 2. The maximum atomic E-state index is 13.5. The van der Waals surface area contributed by atoms with Gasteiger partial charge in [-0.15, -0.1) is 0 Å². The van der Waals surface area contributed by atoms with Gasteiger partial charge in [-0.25, -0.2) is 9.79 Å². The molecule has 1 atom stereocenters. The van der Waals surface area contributed by atoms with Crippen molar-refractivity contribution >= 4 is 55.2 Å². The molecule has 3 aromatic rings. The largest absolute Gasteiger partial charge is 0.463 e. The number of aromatic nitrogens is 1. The van der Waals surface area contributed by atoms with Crippen LogP contribution in [0.5, 0.6) is 0 Å². The zero-order valence-electron chi connectivity index (χ0n) is 18.5. The number of carbonyl (C=O) groups is 1. The Morgan fingerprint density at radius 1 is 1.30 bits per heavy atom. The summed E-state index contributed by atoms with van der Waals surface area (Å²) in [6.07, 6.45) is 1.68. The van der Waals surface area contributed by atoms with Gasteiger partial charge in [-0.1, -0.05) is 49.4 Å². The maximum absolute atomic E-state index is 13.5. The fourth-order valence-corrected chi connectivity index (χ4v) is 5.37. The van der Waals surface area contributed by atoms with Crippen molar-refractivity contribution in [3.63, 3.8) is 0 Å². The van der Waals surface area contributed by atoms with E-state index in [0.29, 0.717) is 37.0 Å². The van der Waals surface area contributed by atoms with E-state index in [1.165, 1.54) is 16.9 Å². The molecule has 172 valence electrons. The molecular formula is C24H22Br2N2O4S. The summed E-state index contributed by atoms with van der Waals surface area (Å²) >= 11 is 7.97. The lowest BCUT2D eigenvalue weighted by Crippen LogP contribution is -2.39. The highest BCUT2D eigenvalue weighted by Gasteiger charge is 2.33. The summed E-state index contributed by atoms with van der Waals surface area (Å²) in [6.45, 7) is 8.02. The lowest BCUT2D eigenvalue weighted by molar-refractivity contribution is -0.139. The van der Waals surface area contributed by atoms with Gasteiger partial charge in [0.05, 0.1) is 32.9 Å². The average Bonchev–Trinajstić information content (AvgIpc) is 3.25. The smallest absolute Gasteiger partial charge is 0.338 e. The molecule has 6 nitrogen and oxygen atoms in total. The lowest BCUT2D eigenvalue weighted by atomic mass is 9.93. The first-order chi connectivity index (χ1) is 15.7. The Morgan fingerprint density at radius 2 is 2.00 bits per heavy atom. The van der Waals surface area contributed by atoms with Crippen molar-refractivity contribution in [2.24, 2.45) is 4.99 Å². The molecule has 33 heavy (non-hydrogen) atoms. The molecule has 0 saturated heterocycles. The normalized spacial score (nSPS) is 16.2. The Balaban J connectivity index is 1.93. The predicted molar refractivity (Wildman–Crippen MR) is 135 cm³/mol. The van der Waals surface area contributed by atoms with Crippen LogP contribution in [0.15, 0.2) is 64.9 Å². The van der Waals surface area contributed by atoms with Crippen LogP contribution in [-0.2, 0) is 9.53 Å². The molecule has 1 aliphatic rings. The molecule has 0 amide bonds. The molecule has 0 radical (unpaired) electrons. The summed E-state index contributed by atoms with van der Waals surface area (Å²) in [5.41, 5.74) is 2.68. The first-order valence-corrected chi connectivity index (χ1v) is 12.9. The molecule has 0 spiro atoms. The fourth-order valence-electron chi connectivity index (χ4n) is 3.73. The Hall–Kier alpha value is -2.23. The average molecular weight is 594 g/mol. The standard InChI is InChI=1S/C24H22Br2N2O4S/c1-5-31-23(30)19-13(4)27-24-28(20(19)15-8-6-14(7-9-15)12(2)3)22(29)18(33-24)11-16-10-17(25)21(26)32-16/h6-12,20H,5H2,1-4H3/b18-11-/t20-/m0/s1. The van der Waals surface area contributed by atoms with Crippen molar-refractivity contribution in [2.45, 2.75) is 39.7 Å². The number of furan rings is 1. The van der Waals surface area contributed by atoms with Gasteiger partial charge >= 0.3 is 5.97 Å². The number of thiazole rings is 1. The summed E-state index contributed by atoms with van der Waals surface area (Å²) in [4.78, 5) is 31.6. The minimum absolute atomic E-state index is 0.237. The van der Waals surface area contributed by atoms with Gasteiger partial charge in [-0.3, -0.25) is 9.36 Å². The second-order valence-electron chi connectivity index (χ2n) is 7.89. The monoisotopic (exact) mass is 592 g/mol. The number of nitrogens with zero attached hydrogens (tertiary/aromatic N) is 2. The van der Waals surface area contributed by atoms with Gasteiger partial charge in [0.15, 0.2) is 9.47 Å². The van der Waals surface area contributed by atoms with E-state index in [9.17, 15) is 9.59 Å². The van der Waals surface area contributed by atoms with Gasteiger partial charge in [0, 0.05) is 6.08 Å². The van der Waals surface area contributed by atoms with Crippen LogP contribution >= 0.6 is 43.2 Å². The second kappa shape index (κ2) is 9.56. The first kappa shape index (κ1) is 23.9. The first-order valence-electron chi connectivity index (χ1n) is 10.5. The van der Waals surface area contributed by atoms with Crippen molar-refractivity contribution in [2.75, 3.05) is 6.61 Å². The van der Waals surface area contributed by atoms with Crippen LogP contribution in [0.1, 0.15) is 56.5 Å². The van der Waals surface area contributed by atoms with E-state index in [1.807, 2.05) is 24.3 Å². The summed E-state index contributed by atoms with van der Waals surface area (Å²) in [7, 11) is 0. The Labute approximate surface area is 211 Å². The Morgan fingerprint density at radius 3 is 2.58 bits per heavy atom. The van der Waals surface area contributed by atoms with Crippen LogP contribution in [0, 0.1) is 0 Å². The Kier molecular flexibility index (Phi) is 6.93. The van der Waals surface area contributed by atoms with Crippen molar-refractivity contribution in [1.82, 2.24) is 4.57 Å². The van der Waals surface area contributed by atoms with Crippen LogP contribution in [0.25, 0.3) is 6.08 Å². The molecule has 3 heterocycles. The minimum Gasteiger partial charge on any atom is -0.463 e. The molecule has 0 fully saturated rings. The zero-order valence-corrected chi connectivity index (χ0v) is 22.5. The second-order valence-corrected chi connectivity index (χ2v) is 10.5.